The summed E-state index contributed by atoms with van der Waals surface area (Å²) >= 11 is 12.4. The highest BCUT2D eigenvalue weighted by Crippen LogP contribution is 2.36. The molecule has 2 atom stereocenters. The molecular formula is C21H29Cl2N5O2S. The van der Waals surface area contributed by atoms with Gasteiger partial charge in [-0.1, -0.05) is 29.3 Å². The third kappa shape index (κ3) is 4.59. The number of anilines is 1. The molecule has 170 valence electrons. The Hall–Kier alpha value is -1.32. The summed E-state index contributed by atoms with van der Waals surface area (Å²) in [6, 6.07) is 6.03. The Labute approximate surface area is 194 Å². The number of rotatable bonds is 7. The Morgan fingerprint density at radius 3 is 2.39 bits per heavy atom. The van der Waals surface area contributed by atoms with Crippen LogP contribution < -0.4 is 5.32 Å². The molecule has 1 aromatic heterocycles. The third-order valence-corrected chi connectivity index (χ3v) is 9.31. The molecule has 0 spiro atoms. The summed E-state index contributed by atoms with van der Waals surface area (Å²) in [5.74, 6) is 0.740. The zero-order chi connectivity index (χ0) is 22.3. The highest BCUT2D eigenvalue weighted by molar-refractivity contribution is 7.89. The molecule has 2 unspecified atom stereocenters. The van der Waals surface area contributed by atoms with Crippen molar-refractivity contribution in [1.82, 2.24) is 19.0 Å². The van der Waals surface area contributed by atoms with E-state index in [0.29, 0.717) is 30.6 Å². The predicted molar refractivity (Wildman–Crippen MR) is 124 cm³/mol. The van der Waals surface area contributed by atoms with E-state index in [1.165, 1.54) is 4.68 Å². The van der Waals surface area contributed by atoms with Crippen LogP contribution in [0.3, 0.4) is 0 Å². The maximum atomic E-state index is 13.1. The molecule has 0 bridgehead atoms. The van der Waals surface area contributed by atoms with Gasteiger partial charge in [-0.15, -0.1) is 0 Å². The van der Waals surface area contributed by atoms with Crippen LogP contribution in [0, 0.1) is 25.7 Å². The first-order valence-corrected chi connectivity index (χ1v) is 12.8. The van der Waals surface area contributed by atoms with Crippen molar-refractivity contribution >= 4 is 38.9 Å². The van der Waals surface area contributed by atoms with E-state index >= 15 is 0 Å². The maximum Gasteiger partial charge on any atom is 0.248 e. The second-order valence-corrected chi connectivity index (χ2v) is 11.3. The standard InChI is InChI=1S/C21H29Cl2N5O2S/c1-14-5-6-18(9-19(14)22)24-7-4-8-27-10-16-12-28(13-17(16)11-27)31(29,30)20-15(2)25-26(3)21(20)23/h5-6,9,16-17,24H,4,7-8,10-13H2,1-3H3. The maximum absolute atomic E-state index is 13.1. The van der Waals surface area contributed by atoms with Crippen molar-refractivity contribution in [2.24, 2.45) is 18.9 Å². The van der Waals surface area contributed by atoms with Gasteiger partial charge in [0.25, 0.3) is 0 Å². The van der Waals surface area contributed by atoms with Gasteiger partial charge in [0, 0.05) is 50.5 Å². The molecule has 2 aromatic rings. The lowest BCUT2D eigenvalue weighted by Crippen LogP contribution is -2.34. The van der Waals surface area contributed by atoms with E-state index < -0.39 is 10.0 Å². The lowest BCUT2D eigenvalue weighted by Gasteiger charge is -2.21. The van der Waals surface area contributed by atoms with Crippen LogP contribution in [0.5, 0.6) is 0 Å². The molecule has 31 heavy (non-hydrogen) atoms. The monoisotopic (exact) mass is 485 g/mol. The number of likely N-dealkylation sites (tertiary alicyclic amines) is 1. The number of benzene rings is 1. The Balaban J connectivity index is 1.27. The van der Waals surface area contributed by atoms with Crippen molar-refractivity contribution in [2.75, 3.05) is 44.6 Å². The molecule has 2 aliphatic heterocycles. The molecule has 1 aromatic carbocycles. The Bertz CT molecular complexity index is 1060. The second kappa shape index (κ2) is 8.90. The number of aromatic nitrogens is 2. The minimum Gasteiger partial charge on any atom is -0.385 e. The van der Waals surface area contributed by atoms with Crippen LogP contribution in [-0.2, 0) is 17.1 Å². The number of halogens is 2. The quantitative estimate of drug-likeness (QED) is 0.608. The number of aryl methyl sites for hydroxylation is 3. The SMILES string of the molecule is Cc1ccc(NCCCN2CC3CN(S(=O)(=O)c4c(C)nn(C)c4Cl)CC3C2)cc1Cl. The van der Waals surface area contributed by atoms with Gasteiger partial charge in [-0.3, -0.25) is 4.68 Å². The average molecular weight is 486 g/mol. The number of fused-ring (bicyclic) bond motifs is 1. The molecule has 2 saturated heterocycles. The van der Waals surface area contributed by atoms with E-state index in [2.05, 4.69) is 15.3 Å². The third-order valence-electron chi connectivity index (χ3n) is 6.38. The van der Waals surface area contributed by atoms with Gasteiger partial charge in [-0.2, -0.15) is 9.40 Å². The first-order chi connectivity index (χ1) is 14.7. The smallest absolute Gasteiger partial charge is 0.248 e. The molecule has 7 nitrogen and oxygen atoms in total. The molecule has 0 aliphatic carbocycles. The first-order valence-electron chi connectivity index (χ1n) is 10.6. The summed E-state index contributed by atoms with van der Waals surface area (Å²) in [5, 5.41) is 8.54. The Kier molecular flexibility index (Phi) is 6.57. The van der Waals surface area contributed by atoms with Crippen molar-refractivity contribution in [3.8, 4) is 0 Å². The van der Waals surface area contributed by atoms with Gasteiger partial charge in [0.2, 0.25) is 10.0 Å². The lowest BCUT2D eigenvalue weighted by molar-refractivity contribution is 0.296. The van der Waals surface area contributed by atoms with Crippen LogP contribution >= 0.6 is 23.2 Å². The highest BCUT2D eigenvalue weighted by atomic mass is 35.5. The molecule has 2 fully saturated rings. The first kappa shape index (κ1) is 22.9. The number of sulfonamides is 1. The summed E-state index contributed by atoms with van der Waals surface area (Å²) in [5.41, 5.74) is 2.57. The molecular weight excluding hydrogens is 457 g/mol. The van der Waals surface area contributed by atoms with Crippen LogP contribution in [0.4, 0.5) is 5.69 Å². The van der Waals surface area contributed by atoms with Crippen molar-refractivity contribution in [3.05, 3.63) is 39.6 Å². The van der Waals surface area contributed by atoms with Gasteiger partial charge in [0.15, 0.2) is 0 Å². The van der Waals surface area contributed by atoms with Gasteiger partial charge in [0.1, 0.15) is 10.0 Å². The largest absolute Gasteiger partial charge is 0.385 e. The van der Waals surface area contributed by atoms with Crippen molar-refractivity contribution in [3.63, 3.8) is 0 Å². The number of nitrogens with zero attached hydrogens (tertiary/aromatic N) is 4. The minimum atomic E-state index is -3.62. The van der Waals surface area contributed by atoms with Gasteiger partial charge >= 0.3 is 0 Å². The topological polar surface area (TPSA) is 70.5 Å². The average Bonchev–Trinajstić information content (AvgIpc) is 3.34. The van der Waals surface area contributed by atoms with Gasteiger partial charge in [0.05, 0.1) is 5.69 Å². The van der Waals surface area contributed by atoms with Crippen LogP contribution in [-0.4, -0.2) is 66.7 Å². The Morgan fingerprint density at radius 1 is 1.13 bits per heavy atom. The van der Waals surface area contributed by atoms with Crippen LogP contribution in [0.15, 0.2) is 23.1 Å². The lowest BCUT2D eigenvalue weighted by atomic mass is 10.0. The van der Waals surface area contributed by atoms with Crippen molar-refractivity contribution in [2.45, 2.75) is 25.2 Å². The Morgan fingerprint density at radius 2 is 1.81 bits per heavy atom. The summed E-state index contributed by atoms with van der Waals surface area (Å²) in [6.07, 6.45) is 1.03. The molecule has 2 aliphatic rings. The van der Waals surface area contributed by atoms with E-state index in [-0.39, 0.29) is 10.0 Å². The summed E-state index contributed by atoms with van der Waals surface area (Å²) < 4.78 is 29.3. The fraction of sp³-hybridized carbons (Fsp3) is 0.571. The zero-order valence-corrected chi connectivity index (χ0v) is 20.4. The van der Waals surface area contributed by atoms with Crippen LogP contribution in [0.1, 0.15) is 17.7 Å². The van der Waals surface area contributed by atoms with E-state index in [1.807, 2.05) is 25.1 Å². The molecule has 10 heteroatoms. The fourth-order valence-electron chi connectivity index (χ4n) is 4.70. The van der Waals surface area contributed by atoms with Gasteiger partial charge in [-0.05, 0) is 56.3 Å². The summed E-state index contributed by atoms with van der Waals surface area (Å²) in [7, 11) is -1.96. The molecule has 0 saturated carbocycles. The predicted octanol–water partition coefficient (Wildman–Crippen LogP) is 3.40. The van der Waals surface area contributed by atoms with E-state index in [4.69, 9.17) is 23.2 Å². The normalized spacial score (nSPS) is 22.2. The summed E-state index contributed by atoms with van der Waals surface area (Å²) in [6.45, 7) is 8.54. The highest BCUT2D eigenvalue weighted by Gasteiger charge is 2.45. The molecule has 1 N–H and O–H groups in total. The van der Waals surface area contributed by atoms with Crippen molar-refractivity contribution in [1.29, 1.82) is 0 Å². The molecule has 4 rings (SSSR count). The van der Waals surface area contributed by atoms with Crippen LogP contribution in [0.2, 0.25) is 10.2 Å². The number of nitrogens with one attached hydrogen (secondary N) is 1. The summed E-state index contributed by atoms with van der Waals surface area (Å²) in [4.78, 5) is 2.60. The van der Waals surface area contributed by atoms with E-state index in [9.17, 15) is 8.42 Å². The minimum absolute atomic E-state index is 0.149. The van der Waals surface area contributed by atoms with Crippen molar-refractivity contribution < 1.29 is 8.42 Å². The second-order valence-electron chi connectivity index (χ2n) is 8.67. The number of hydrogen-bond donors (Lipinski definition) is 1. The van der Waals surface area contributed by atoms with E-state index in [1.54, 1.807) is 18.3 Å². The van der Waals surface area contributed by atoms with Gasteiger partial charge < -0.3 is 10.2 Å². The zero-order valence-electron chi connectivity index (χ0n) is 18.1. The number of hydrogen-bond acceptors (Lipinski definition) is 5. The van der Waals surface area contributed by atoms with Crippen LogP contribution in [0.25, 0.3) is 0 Å². The fourth-order valence-corrected chi connectivity index (χ4v) is 7.14. The molecule has 0 amide bonds. The van der Waals surface area contributed by atoms with Gasteiger partial charge in [-0.25, -0.2) is 8.42 Å². The molecule has 0 radical (unpaired) electrons. The van der Waals surface area contributed by atoms with E-state index in [0.717, 1.165) is 48.9 Å². The molecule has 3 heterocycles.